The Morgan fingerprint density at radius 3 is 2.70 bits per heavy atom. The summed E-state index contributed by atoms with van der Waals surface area (Å²) in [6.45, 7) is 11.8. The molecule has 0 radical (unpaired) electrons. The van der Waals surface area contributed by atoms with Crippen LogP contribution in [0.25, 0.3) is 11.2 Å². The fraction of sp³-hybridized carbons (Fsp3) is 0.621. The van der Waals surface area contributed by atoms with Crippen LogP contribution in [0, 0.1) is 0 Å². The van der Waals surface area contributed by atoms with Gasteiger partial charge in [-0.1, -0.05) is 25.3 Å². The van der Waals surface area contributed by atoms with Crippen LogP contribution in [0.1, 0.15) is 52.9 Å². The topological polar surface area (TPSA) is 136 Å². The lowest BCUT2D eigenvalue weighted by molar-refractivity contribution is 0.0527. The smallest absolute Gasteiger partial charge is 0.407 e. The normalized spacial score (nSPS) is 16.9. The van der Waals surface area contributed by atoms with E-state index in [1.165, 1.54) is 0 Å². The van der Waals surface area contributed by atoms with Gasteiger partial charge in [-0.3, -0.25) is 4.68 Å². The maximum absolute atomic E-state index is 14.7. The first kappa shape index (κ1) is 32.0. The third kappa shape index (κ3) is 8.78. The first-order chi connectivity index (χ1) is 20.6. The summed E-state index contributed by atoms with van der Waals surface area (Å²) in [5, 5.41) is 13.9. The van der Waals surface area contributed by atoms with Crippen LogP contribution in [0.4, 0.5) is 26.6 Å². The molecule has 3 aromatic heterocycles. The molecule has 1 amide bonds. The van der Waals surface area contributed by atoms with Gasteiger partial charge in [-0.25, -0.2) is 14.2 Å². The minimum Gasteiger partial charge on any atom is -0.478 e. The SMILES string of the molecule is C=CCN[C@@H]1CN(c2nc(Nc3cn(CCCCCCCNC(=O)OC(C)(C)C)nc3OC)c3ncn(C)c3n2)C[C@H]1F. The molecule has 4 rings (SSSR count). The van der Waals surface area contributed by atoms with Crippen LogP contribution in [0.15, 0.2) is 25.2 Å². The van der Waals surface area contributed by atoms with Crippen molar-refractivity contribution in [2.24, 2.45) is 7.05 Å². The second-order valence-corrected chi connectivity index (χ2v) is 11.8. The van der Waals surface area contributed by atoms with E-state index in [4.69, 9.17) is 19.4 Å². The minimum atomic E-state index is -1.05. The molecule has 13 nitrogen and oxygen atoms in total. The Hall–Kier alpha value is -3.94. The molecule has 1 aliphatic heterocycles. The number of anilines is 3. The monoisotopic (exact) mass is 600 g/mol. The Bertz CT molecular complexity index is 1370. The number of carbonyl (C=O) groups excluding carboxylic acids is 1. The van der Waals surface area contributed by atoms with Gasteiger partial charge >= 0.3 is 6.09 Å². The number of nitrogens with zero attached hydrogens (tertiary/aromatic N) is 7. The number of nitrogens with one attached hydrogen (secondary N) is 3. The number of carbonyl (C=O) groups is 1. The van der Waals surface area contributed by atoms with E-state index in [1.807, 2.05) is 48.2 Å². The van der Waals surface area contributed by atoms with Crippen LogP contribution in [0.2, 0.25) is 0 Å². The quantitative estimate of drug-likeness (QED) is 0.173. The molecule has 1 saturated heterocycles. The molecule has 236 valence electrons. The van der Waals surface area contributed by atoms with Crippen molar-refractivity contribution in [1.29, 1.82) is 0 Å². The molecule has 2 atom stereocenters. The number of ether oxygens (including phenoxy) is 2. The van der Waals surface area contributed by atoms with Crippen molar-refractivity contribution in [3.05, 3.63) is 25.2 Å². The van der Waals surface area contributed by atoms with E-state index < -0.39 is 11.8 Å². The van der Waals surface area contributed by atoms with Gasteiger partial charge in [0.25, 0.3) is 5.88 Å². The average Bonchev–Trinajstić information content (AvgIpc) is 3.64. The van der Waals surface area contributed by atoms with E-state index in [9.17, 15) is 9.18 Å². The van der Waals surface area contributed by atoms with Crippen molar-refractivity contribution < 1.29 is 18.7 Å². The van der Waals surface area contributed by atoms with E-state index in [0.717, 1.165) is 38.6 Å². The van der Waals surface area contributed by atoms with Gasteiger partial charge in [0.15, 0.2) is 17.0 Å². The average molecular weight is 601 g/mol. The van der Waals surface area contributed by atoms with Crippen LogP contribution in [0.3, 0.4) is 0 Å². The molecule has 3 N–H and O–H groups in total. The Morgan fingerprint density at radius 1 is 1.19 bits per heavy atom. The van der Waals surface area contributed by atoms with Crippen LogP contribution in [-0.2, 0) is 18.3 Å². The van der Waals surface area contributed by atoms with E-state index in [-0.39, 0.29) is 18.7 Å². The summed E-state index contributed by atoms with van der Waals surface area (Å²) >= 11 is 0. The lowest BCUT2D eigenvalue weighted by atomic mass is 10.1. The van der Waals surface area contributed by atoms with E-state index in [2.05, 4.69) is 32.6 Å². The highest BCUT2D eigenvalue weighted by atomic mass is 19.1. The lowest BCUT2D eigenvalue weighted by Crippen LogP contribution is -2.37. The number of fused-ring (bicyclic) bond motifs is 1. The Morgan fingerprint density at radius 2 is 1.95 bits per heavy atom. The Balaban J connectivity index is 1.33. The van der Waals surface area contributed by atoms with E-state index in [0.29, 0.717) is 54.1 Å². The summed E-state index contributed by atoms with van der Waals surface area (Å²) < 4.78 is 29.2. The molecule has 0 spiro atoms. The van der Waals surface area contributed by atoms with Crippen molar-refractivity contribution in [2.45, 2.75) is 77.2 Å². The highest BCUT2D eigenvalue weighted by Gasteiger charge is 2.34. The van der Waals surface area contributed by atoms with Crippen molar-refractivity contribution in [3.63, 3.8) is 0 Å². The first-order valence-electron chi connectivity index (χ1n) is 14.9. The van der Waals surface area contributed by atoms with Gasteiger partial charge in [0.1, 0.15) is 17.5 Å². The number of methoxy groups -OCH3 is 1. The van der Waals surface area contributed by atoms with Crippen LogP contribution < -0.4 is 25.6 Å². The van der Waals surface area contributed by atoms with Gasteiger partial charge in [-0.2, -0.15) is 9.97 Å². The number of unbranched alkanes of at least 4 members (excludes halogenated alkanes) is 4. The van der Waals surface area contributed by atoms with Crippen LogP contribution in [-0.4, -0.2) is 86.5 Å². The molecule has 3 aromatic rings. The van der Waals surface area contributed by atoms with Crippen molar-refractivity contribution in [1.82, 2.24) is 39.9 Å². The molecule has 0 bridgehead atoms. The molecular formula is C29H45FN10O3. The number of alkyl carbamates (subject to hydrolysis) is 1. The van der Waals surface area contributed by atoms with Gasteiger partial charge in [0.05, 0.1) is 32.2 Å². The summed E-state index contributed by atoms with van der Waals surface area (Å²) in [5.41, 5.74) is 1.40. The number of amides is 1. The van der Waals surface area contributed by atoms with Gasteiger partial charge in [0, 0.05) is 33.2 Å². The first-order valence-corrected chi connectivity index (χ1v) is 14.9. The highest BCUT2D eigenvalue weighted by Crippen LogP contribution is 2.31. The summed E-state index contributed by atoms with van der Waals surface area (Å²) in [4.78, 5) is 27.5. The number of alkyl halides is 1. The number of hydrogen-bond donors (Lipinski definition) is 3. The molecule has 0 aliphatic carbocycles. The third-order valence-electron chi connectivity index (χ3n) is 7.01. The number of imidazole rings is 1. The van der Waals surface area contributed by atoms with Crippen molar-refractivity contribution >= 4 is 34.7 Å². The maximum atomic E-state index is 14.7. The van der Waals surface area contributed by atoms with Gasteiger partial charge in [-0.15, -0.1) is 11.7 Å². The number of rotatable bonds is 15. The van der Waals surface area contributed by atoms with Gasteiger partial charge in [0.2, 0.25) is 5.95 Å². The lowest BCUT2D eigenvalue weighted by Gasteiger charge is -2.19. The van der Waals surface area contributed by atoms with Gasteiger partial charge in [-0.05, 0) is 33.6 Å². The summed E-state index contributed by atoms with van der Waals surface area (Å²) in [6, 6.07) is -0.326. The van der Waals surface area contributed by atoms with E-state index in [1.54, 1.807) is 19.5 Å². The van der Waals surface area contributed by atoms with Crippen LogP contribution in [0.5, 0.6) is 5.88 Å². The van der Waals surface area contributed by atoms with Gasteiger partial charge < -0.3 is 34.9 Å². The molecule has 1 aliphatic rings. The number of aryl methyl sites for hydroxylation is 2. The zero-order chi connectivity index (χ0) is 31.0. The predicted molar refractivity (Wildman–Crippen MR) is 165 cm³/mol. The zero-order valence-corrected chi connectivity index (χ0v) is 25.9. The predicted octanol–water partition coefficient (Wildman–Crippen LogP) is 4.09. The second kappa shape index (κ2) is 14.5. The van der Waals surface area contributed by atoms with E-state index >= 15 is 0 Å². The maximum Gasteiger partial charge on any atom is 0.407 e. The van der Waals surface area contributed by atoms with Crippen LogP contribution >= 0.6 is 0 Å². The number of halogens is 1. The highest BCUT2D eigenvalue weighted by molar-refractivity contribution is 5.87. The fourth-order valence-electron chi connectivity index (χ4n) is 4.89. The van der Waals surface area contributed by atoms with Crippen molar-refractivity contribution in [2.75, 3.05) is 43.5 Å². The summed E-state index contributed by atoms with van der Waals surface area (Å²) in [7, 11) is 3.44. The largest absolute Gasteiger partial charge is 0.478 e. The molecule has 4 heterocycles. The number of hydrogen-bond acceptors (Lipinski definition) is 10. The molecule has 14 heteroatoms. The minimum absolute atomic E-state index is 0.194. The number of aromatic nitrogens is 6. The Labute approximate surface area is 252 Å². The molecule has 0 unspecified atom stereocenters. The molecule has 1 fully saturated rings. The van der Waals surface area contributed by atoms with Crippen molar-refractivity contribution in [3.8, 4) is 5.88 Å². The fourth-order valence-corrected chi connectivity index (χ4v) is 4.89. The molecule has 0 aromatic carbocycles. The standard InChI is InChI=1S/C29H45FN10O3/c1-7-13-31-21-17-39(16-20(21)30)27-35-24(23-25(36-27)38(5)19-33-23)34-22-18-40(37-26(22)42-6)15-12-10-8-9-11-14-32-28(41)43-29(2,3)4/h7,18-21,31H,1,8-17H2,2-6H3,(H,32,41)(H,34,35,36)/t20-,21-/m1/s1. The molecule has 0 saturated carbocycles. The second-order valence-electron chi connectivity index (χ2n) is 11.8. The zero-order valence-electron chi connectivity index (χ0n) is 25.9. The Kier molecular flexibility index (Phi) is 10.8. The summed E-state index contributed by atoms with van der Waals surface area (Å²) in [5.74, 6) is 1.37. The third-order valence-corrected chi connectivity index (χ3v) is 7.01. The molecule has 43 heavy (non-hydrogen) atoms. The molecular weight excluding hydrogens is 555 g/mol. The summed E-state index contributed by atoms with van der Waals surface area (Å²) in [6.07, 6.45) is 8.84.